The van der Waals surface area contributed by atoms with Crippen LogP contribution in [-0.4, -0.2) is 18.7 Å². The highest BCUT2D eigenvalue weighted by atomic mass is 79.9. The van der Waals surface area contributed by atoms with Crippen molar-refractivity contribution in [3.8, 4) is 5.75 Å². The molecule has 0 saturated carbocycles. The lowest BCUT2D eigenvalue weighted by atomic mass is 10.1. The van der Waals surface area contributed by atoms with Gasteiger partial charge in [0.1, 0.15) is 5.75 Å². The Morgan fingerprint density at radius 2 is 1.92 bits per heavy atom. The molecule has 2 rings (SSSR count). The monoisotopic (exact) mass is 416 g/mol. The van der Waals surface area contributed by atoms with Crippen LogP contribution in [0.5, 0.6) is 5.75 Å². The topological polar surface area (TPSA) is 50.7 Å². The van der Waals surface area contributed by atoms with Gasteiger partial charge in [0.2, 0.25) is 0 Å². The SMILES string of the molecule is CCCCCCOc1ccc(Br)cc1C=NNC(=O)c1ccc(C)cc1. The van der Waals surface area contributed by atoms with Crippen LogP contribution in [0, 0.1) is 6.92 Å². The summed E-state index contributed by atoms with van der Waals surface area (Å²) in [5, 5.41) is 4.07. The molecule has 1 amide bonds. The maximum atomic E-state index is 12.1. The second-order valence-electron chi connectivity index (χ2n) is 6.16. The van der Waals surface area contributed by atoms with Crippen LogP contribution in [0.15, 0.2) is 52.0 Å². The van der Waals surface area contributed by atoms with Crippen molar-refractivity contribution in [1.82, 2.24) is 5.43 Å². The standard InChI is InChI=1S/C21H25BrN2O2/c1-3-4-5-6-13-26-20-12-11-19(22)14-18(20)15-23-24-21(25)17-9-7-16(2)8-10-17/h7-12,14-15H,3-6,13H2,1-2H3,(H,24,25). The molecular weight excluding hydrogens is 392 g/mol. The number of unbranched alkanes of at least 4 members (excludes halogenated alkanes) is 3. The van der Waals surface area contributed by atoms with E-state index < -0.39 is 0 Å². The van der Waals surface area contributed by atoms with E-state index in [0.29, 0.717) is 12.2 Å². The number of aryl methyl sites for hydroxylation is 1. The number of ether oxygens (including phenoxy) is 1. The number of hydrazone groups is 1. The molecule has 0 heterocycles. The summed E-state index contributed by atoms with van der Waals surface area (Å²) >= 11 is 3.46. The molecule has 0 spiro atoms. The summed E-state index contributed by atoms with van der Waals surface area (Å²) in [6.45, 7) is 4.85. The molecule has 0 radical (unpaired) electrons. The molecule has 0 aliphatic heterocycles. The number of hydrogen-bond donors (Lipinski definition) is 1. The molecule has 0 aliphatic carbocycles. The lowest BCUT2D eigenvalue weighted by molar-refractivity contribution is 0.0955. The Bertz CT molecular complexity index is 742. The first-order valence-corrected chi connectivity index (χ1v) is 9.72. The van der Waals surface area contributed by atoms with E-state index in [0.717, 1.165) is 27.8 Å². The molecule has 0 saturated heterocycles. The van der Waals surface area contributed by atoms with E-state index in [-0.39, 0.29) is 5.91 Å². The number of amides is 1. The average molecular weight is 417 g/mol. The first kappa shape index (κ1) is 20.2. The molecule has 0 fully saturated rings. The first-order valence-electron chi connectivity index (χ1n) is 8.92. The van der Waals surface area contributed by atoms with Gasteiger partial charge in [-0.2, -0.15) is 5.10 Å². The summed E-state index contributed by atoms with van der Waals surface area (Å²) in [7, 11) is 0. The third-order valence-electron chi connectivity index (χ3n) is 3.91. The minimum Gasteiger partial charge on any atom is -0.493 e. The van der Waals surface area contributed by atoms with Crippen LogP contribution in [0.4, 0.5) is 0 Å². The predicted octanol–water partition coefficient (Wildman–Crippen LogP) is 5.48. The zero-order valence-corrected chi connectivity index (χ0v) is 16.9. The average Bonchev–Trinajstić information content (AvgIpc) is 2.63. The highest BCUT2D eigenvalue weighted by Crippen LogP contribution is 2.22. The summed E-state index contributed by atoms with van der Waals surface area (Å²) < 4.78 is 6.80. The summed E-state index contributed by atoms with van der Waals surface area (Å²) in [5.41, 5.74) is 5.06. The number of nitrogens with one attached hydrogen (secondary N) is 1. The Morgan fingerprint density at radius 3 is 2.65 bits per heavy atom. The van der Waals surface area contributed by atoms with Gasteiger partial charge < -0.3 is 4.74 Å². The molecule has 0 unspecified atom stereocenters. The second kappa shape index (κ2) is 10.8. The van der Waals surface area contributed by atoms with E-state index in [1.165, 1.54) is 19.3 Å². The molecule has 2 aromatic carbocycles. The Hall–Kier alpha value is -2.14. The van der Waals surface area contributed by atoms with Crippen LogP contribution in [0.2, 0.25) is 0 Å². The molecule has 4 nitrogen and oxygen atoms in total. The van der Waals surface area contributed by atoms with Crippen molar-refractivity contribution in [1.29, 1.82) is 0 Å². The molecule has 0 atom stereocenters. The van der Waals surface area contributed by atoms with Crippen LogP contribution in [0.1, 0.15) is 54.1 Å². The molecule has 2 aromatic rings. The molecule has 0 bridgehead atoms. The number of rotatable bonds is 9. The van der Waals surface area contributed by atoms with Gasteiger partial charge in [-0.25, -0.2) is 5.43 Å². The number of nitrogens with zero attached hydrogens (tertiary/aromatic N) is 1. The highest BCUT2D eigenvalue weighted by Gasteiger charge is 2.05. The minimum atomic E-state index is -0.238. The fourth-order valence-electron chi connectivity index (χ4n) is 2.39. The van der Waals surface area contributed by atoms with Crippen LogP contribution in [0.25, 0.3) is 0 Å². The Labute approximate surface area is 163 Å². The van der Waals surface area contributed by atoms with Crippen molar-refractivity contribution >= 4 is 28.1 Å². The molecule has 0 aromatic heterocycles. The van der Waals surface area contributed by atoms with Crippen molar-refractivity contribution in [2.24, 2.45) is 5.10 Å². The van der Waals surface area contributed by atoms with Gasteiger partial charge in [-0.1, -0.05) is 59.8 Å². The van der Waals surface area contributed by atoms with Gasteiger partial charge in [-0.05, 0) is 43.7 Å². The molecule has 138 valence electrons. The second-order valence-corrected chi connectivity index (χ2v) is 7.07. The van der Waals surface area contributed by atoms with Gasteiger partial charge in [-0.15, -0.1) is 0 Å². The van der Waals surface area contributed by atoms with Crippen LogP contribution in [0.3, 0.4) is 0 Å². The smallest absolute Gasteiger partial charge is 0.271 e. The van der Waals surface area contributed by atoms with Crippen LogP contribution >= 0.6 is 15.9 Å². The molecule has 26 heavy (non-hydrogen) atoms. The summed E-state index contributed by atoms with van der Waals surface area (Å²) in [5.74, 6) is 0.524. The van der Waals surface area contributed by atoms with E-state index in [9.17, 15) is 4.79 Å². The summed E-state index contributed by atoms with van der Waals surface area (Å²) in [4.78, 5) is 12.1. The first-order chi connectivity index (χ1) is 12.6. The van der Waals surface area contributed by atoms with Gasteiger partial charge in [0.05, 0.1) is 12.8 Å². The number of halogens is 1. The van der Waals surface area contributed by atoms with Crippen molar-refractivity contribution in [2.75, 3.05) is 6.61 Å². The normalized spacial score (nSPS) is 10.9. The molecule has 0 aliphatic rings. The number of carbonyl (C=O) groups is 1. The third-order valence-corrected chi connectivity index (χ3v) is 4.40. The van der Waals surface area contributed by atoms with Crippen molar-refractivity contribution in [2.45, 2.75) is 39.5 Å². The Kier molecular flexibility index (Phi) is 8.35. The van der Waals surface area contributed by atoms with Gasteiger partial charge in [-0.3, -0.25) is 4.79 Å². The number of hydrogen-bond acceptors (Lipinski definition) is 3. The maximum Gasteiger partial charge on any atom is 0.271 e. The maximum absolute atomic E-state index is 12.1. The van der Waals surface area contributed by atoms with Crippen molar-refractivity contribution in [3.05, 3.63) is 63.6 Å². The lowest BCUT2D eigenvalue weighted by Gasteiger charge is -2.09. The van der Waals surface area contributed by atoms with Gasteiger partial charge in [0, 0.05) is 15.6 Å². The van der Waals surface area contributed by atoms with Crippen molar-refractivity contribution < 1.29 is 9.53 Å². The number of carbonyl (C=O) groups excluding carboxylic acids is 1. The Balaban J connectivity index is 1.96. The summed E-state index contributed by atoms with van der Waals surface area (Å²) in [6, 6.07) is 13.1. The van der Waals surface area contributed by atoms with Gasteiger partial charge in [0.25, 0.3) is 5.91 Å². The van der Waals surface area contributed by atoms with E-state index in [1.807, 2.05) is 37.3 Å². The molecule has 1 N–H and O–H groups in total. The highest BCUT2D eigenvalue weighted by molar-refractivity contribution is 9.10. The predicted molar refractivity (Wildman–Crippen MR) is 110 cm³/mol. The zero-order chi connectivity index (χ0) is 18.8. The largest absolute Gasteiger partial charge is 0.493 e. The Morgan fingerprint density at radius 1 is 1.15 bits per heavy atom. The van der Waals surface area contributed by atoms with E-state index >= 15 is 0 Å². The van der Waals surface area contributed by atoms with Crippen LogP contribution < -0.4 is 10.2 Å². The van der Waals surface area contributed by atoms with Gasteiger partial charge in [0.15, 0.2) is 0 Å². The zero-order valence-electron chi connectivity index (χ0n) is 15.3. The van der Waals surface area contributed by atoms with E-state index in [2.05, 4.69) is 33.4 Å². The summed E-state index contributed by atoms with van der Waals surface area (Å²) in [6.07, 6.45) is 6.24. The molecule has 5 heteroatoms. The van der Waals surface area contributed by atoms with Crippen molar-refractivity contribution in [3.63, 3.8) is 0 Å². The number of benzene rings is 2. The third kappa shape index (κ3) is 6.64. The quantitative estimate of drug-likeness (QED) is 0.334. The lowest BCUT2D eigenvalue weighted by Crippen LogP contribution is -2.17. The van der Waals surface area contributed by atoms with Gasteiger partial charge >= 0.3 is 0 Å². The fraction of sp³-hybridized carbons (Fsp3) is 0.333. The molecular formula is C21H25BrN2O2. The van der Waals surface area contributed by atoms with E-state index in [1.54, 1.807) is 18.3 Å². The fourth-order valence-corrected chi connectivity index (χ4v) is 2.77. The van der Waals surface area contributed by atoms with E-state index in [4.69, 9.17) is 4.74 Å². The minimum absolute atomic E-state index is 0.238. The van der Waals surface area contributed by atoms with Crippen LogP contribution in [-0.2, 0) is 0 Å².